The molecule has 0 saturated carbocycles. The number of aliphatic imine (C=N–C) groups is 1. The first-order chi connectivity index (χ1) is 11.3. The van der Waals surface area contributed by atoms with Crippen LogP contribution in [0.1, 0.15) is 18.9 Å². The first-order valence-electron chi connectivity index (χ1n) is 7.22. The Morgan fingerprint density at radius 2 is 2.00 bits per heavy atom. The second kappa shape index (κ2) is 6.46. The van der Waals surface area contributed by atoms with Gasteiger partial charge >= 0.3 is 11.8 Å². The van der Waals surface area contributed by atoms with E-state index in [4.69, 9.17) is 0 Å². The van der Waals surface area contributed by atoms with Crippen LogP contribution in [0, 0.1) is 0 Å². The lowest BCUT2D eigenvalue weighted by Crippen LogP contribution is -2.63. The highest BCUT2D eigenvalue weighted by Gasteiger charge is 2.66. The molecule has 1 heterocycles. The average Bonchev–Trinajstić information content (AvgIpc) is 2.82. The maximum absolute atomic E-state index is 13.7. The van der Waals surface area contributed by atoms with Gasteiger partial charge < -0.3 is 5.32 Å². The molecule has 0 fully saturated rings. The van der Waals surface area contributed by atoms with E-state index in [9.17, 15) is 22.8 Å². The Morgan fingerprint density at radius 1 is 1.38 bits per heavy atom. The molecule has 0 aliphatic carbocycles. The second-order valence-corrected chi connectivity index (χ2v) is 5.12. The summed E-state index contributed by atoms with van der Waals surface area (Å²) in [4.78, 5) is 28.6. The van der Waals surface area contributed by atoms with Crippen molar-refractivity contribution in [3.8, 4) is 0 Å². The summed E-state index contributed by atoms with van der Waals surface area (Å²) in [5.41, 5.74) is -2.97. The van der Waals surface area contributed by atoms with Crippen molar-refractivity contribution in [2.45, 2.75) is 25.2 Å². The number of hydrogen-bond donors (Lipinski definition) is 1. The molecular formula is C16H16F3N3O2. The Hall–Kier alpha value is -2.64. The van der Waals surface area contributed by atoms with Gasteiger partial charge in [0.05, 0.1) is 0 Å². The molecule has 2 amide bonds. The van der Waals surface area contributed by atoms with Crippen molar-refractivity contribution in [2.75, 3.05) is 6.54 Å². The molecule has 1 atom stereocenters. The van der Waals surface area contributed by atoms with Gasteiger partial charge in [0, 0.05) is 18.5 Å². The first-order valence-corrected chi connectivity index (χ1v) is 7.22. The van der Waals surface area contributed by atoms with Crippen molar-refractivity contribution >= 4 is 17.6 Å². The van der Waals surface area contributed by atoms with Crippen LogP contribution in [0.15, 0.2) is 48.0 Å². The van der Waals surface area contributed by atoms with Crippen molar-refractivity contribution < 1.29 is 22.8 Å². The van der Waals surface area contributed by atoms with Crippen LogP contribution in [-0.2, 0) is 9.59 Å². The number of halogens is 3. The molecule has 0 aromatic heterocycles. The van der Waals surface area contributed by atoms with E-state index in [-0.39, 0.29) is 18.8 Å². The molecule has 5 nitrogen and oxygen atoms in total. The highest BCUT2D eigenvalue weighted by molar-refractivity contribution is 6.16. The third kappa shape index (κ3) is 2.91. The number of carbonyl (C=O) groups excluding carboxylic acids is 2. The summed E-state index contributed by atoms with van der Waals surface area (Å²) in [6, 6.07) is 8.00. The summed E-state index contributed by atoms with van der Waals surface area (Å²) in [6.07, 6.45) is -3.99. The molecule has 1 aliphatic rings. The van der Waals surface area contributed by atoms with Crippen LogP contribution in [0.25, 0.3) is 0 Å². The third-order valence-electron chi connectivity index (χ3n) is 3.48. The Morgan fingerprint density at radius 3 is 2.50 bits per heavy atom. The lowest BCUT2D eigenvalue weighted by Gasteiger charge is -2.28. The Labute approximate surface area is 136 Å². The topological polar surface area (TPSA) is 61.8 Å². The van der Waals surface area contributed by atoms with Gasteiger partial charge in [-0.25, -0.2) is 4.99 Å². The molecule has 0 unspecified atom stereocenters. The number of amidine groups is 1. The Bertz CT molecular complexity index is 686. The summed E-state index contributed by atoms with van der Waals surface area (Å²) in [6.45, 7) is 4.69. The van der Waals surface area contributed by atoms with Crippen LogP contribution in [0.4, 0.5) is 13.2 Å². The molecule has 0 radical (unpaired) electrons. The number of carbonyl (C=O) groups is 2. The van der Waals surface area contributed by atoms with Crippen LogP contribution in [0.3, 0.4) is 0 Å². The van der Waals surface area contributed by atoms with E-state index in [1.807, 2.05) is 0 Å². The average molecular weight is 339 g/mol. The molecule has 2 rings (SSSR count). The first kappa shape index (κ1) is 17.7. The van der Waals surface area contributed by atoms with Gasteiger partial charge in [-0.1, -0.05) is 43.3 Å². The number of amides is 2. The molecule has 128 valence electrons. The third-order valence-corrected chi connectivity index (χ3v) is 3.48. The van der Waals surface area contributed by atoms with Crippen LogP contribution in [0.5, 0.6) is 0 Å². The normalized spacial score (nSPS) is 20.8. The van der Waals surface area contributed by atoms with Gasteiger partial charge in [0.25, 0.3) is 5.91 Å². The largest absolute Gasteiger partial charge is 0.442 e. The van der Waals surface area contributed by atoms with Gasteiger partial charge in [0.2, 0.25) is 5.91 Å². The quantitative estimate of drug-likeness (QED) is 0.837. The lowest BCUT2D eigenvalue weighted by molar-refractivity contribution is -0.200. The van der Waals surface area contributed by atoms with Gasteiger partial charge in [-0.3, -0.25) is 14.5 Å². The fourth-order valence-corrected chi connectivity index (χ4v) is 2.29. The number of rotatable bonds is 5. The number of alkyl halides is 3. The summed E-state index contributed by atoms with van der Waals surface area (Å²) < 4.78 is 41.0. The van der Waals surface area contributed by atoms with Crippen LogP contribution in [0.2, 0.25) is 0 Å². The fraction of sp³-hybridized carbons (Fsp3) is 0.312. The van der Waals surface area contributed by atoms with Crippen LogP contribution >= 0.6 is 0 Å². The summed E-state index contributed by atoms with van der Waals surface area (Å²) in [5, 5.41) is 1.74. The van der Waals surface area contributed by atoms with Gasteiger partial charge in [-0.05, 0) is 0 Å². The highest BCUT2D eigenvalue weighted by Crippen LogP contribution is 2.38. The maximum atomic E-state index is 13.7. The zero-order valence-electron chi connectivity index (χ0n) is 12.9. The molecular weight excluding hydrogens is 323 g/mol. The van der Waals surface area contributed by atoms with E-state index in [2.05, 4.69) is 11.6 Å². The molecule has 8 heteroatoms. The SMILES string of the molecule is C=CCN1C(=O)[C@](NC(=O)CC)(C(F)(F)F)N=C1c1ccccc1. The van der Waals surface area contributed by atoms with Crippen molar-refractivity contribution in [3.05, 3.63) is 48.6 Å². The van der Waals surface area contributed by atoms with E-state index < -0.39 is 23.7 Å². The molecule has 0 spiro atoms. The molecule has 1 N–H and O–H groups in total. The number of nitrogens with zero attached hydrogens (tertiary/aromatic N) is 2. The van der Waals surface area contributed by atoms with E-state index in [1.165, 1.54) is 25.1 Å². The van der Waals surface area contributed by atoms with E-state index in [0.29, 0.717) is 5.56 Å². The predicted molar refractivity (Wildman–Crippen MR) is 82.1 cm³/mol. The minimum Gasteiger partial charge on any atom is -0.316 e. The number of hydrogen-bond acceptors (Lipinski definition) is 3. The standard InChI is InChI=1S/C16H16F3N3O2/c1-3-10-22-13(11-8-6-5-7-9-11)21-15(14(22)24,16(17,18)19)20-12(23)4-2/h3,5-9H,1,4,10H2,2H3,(H,20,23)/t15-/m1/s1. The zero-order chi connectivity index (χ0) is 18.0. The predicted octanol–water partition coefficient (Wildman–Crippen LogP) is 2.25. The summed E-state index contributed by atoms with van der Waals surface area (Å²) in [7, 11) is 0. The van der Waals surface area contributed by atoms with E-state index in [0.717, 1.165) is 4.90 Å². The zero-order valence-corrected chi connectivity index (χ0v) is 12.9. The van der Waals surface area contributed by atoms with Crippen LogP contribution in [-0.4, -0.2) is 40.9 Å². The number of benzene rings is 1. The molecule has 1 aromatic carbocycles. The minimum atomic E-state index is -5.08. The Kier molecular flexibility index (Phi) is 4.77. The minimum absolute atomic E-state index is 0.158. The van der Waals surface area contributed by atoms with Gasteiger partial charge in [-0.2, -0.15) is 13.2 Å². The smallest absolute Gasteiger partial charge is 0.316 e. The number of nitrogens with one attached hydrogen (secondary N) is 1. The molecule has 0 saturated heterocycles. The van der Waals surface area contributed by atoms with Crippen molar-refractivity contribution in [1.29, 1.82) is 0 Å². The van der Waals surface area contributed by atoms with E-state index in [1.54, 1.807) is 23.5 Å². The lowest BCUT2D eigenvalue weighted by atomic mass is 10.1. The monoisotopic (exact) mass is 339 g/mol. The molecule has 24 heavy (non-hydrogen) atoms. The Balaban J connectivity index is 2.62. The maximum Gasteiger partial charge on any atom is 0.442 e. The molecule has 0 bridgehead atoms. The van der Waals surface area contributed by atoms with Gasteiger partial charge in [0.1, 0.15) is 5.84 Å². The summed E-state index contributed by atoms with van der Waals surface area (Å²) >= 11 is 0. The molecule has 1 aromatic rings. The second-order valence-electron chi connectivity index (χ2n) is 5.12. The van der Waals surface area contributed by atoms with Crippen molar-refractivity contribution in [1.82, 2.24) is 10.2 Å². The summed E-state index contributed by atoms with van der Waals surface area (Å²) in [5.74, 6) is -2.43. The van der Waals surface area contributed by atoms with Gasteiger partial charge in [0.15, 0.2) is 0 Å². The van der Waals surface area contributed by atoms with Gasteiger partial charge in [-0.15, -0.1) is 6.58 Å². The van der Waals surface area contributed by atoms with E-state index >= 15 is 0 Å². The highest BCUT2D eigenvalue weighted by atomic mass is 19.4. The van der Waals surface area contributed by atoms with Crippen molar-refractivity contribution in [2.24, 2.45) is 4.99 Å². The van der Waals surface area contributed by atoms with Crippen LogP contribution < -0.4 is 5.32 Å². The molecule has 1 aliphatic heterocycles. The van der Waals surface area contributed by atoms with Crippen molar-refractivity contribution in [3.63, 3.8) is 0 Å². The fourth-order valence-electron chi connectivity index (χ4n) is 2.29.